The van der Waals surface area contributed by atoms with Crippen molar-refractivity contribution in [3.63, 3.8) is 0 Å². The Morgan fingerprint density at radius 2 is 1.39 bits per heavy atom. The van der Waals surface area contributed by atoms with Crippen molar-refractivity contribution in [3.8, 4) is 0 Å². The highest BCUT2D eigenvalue weighted by molar-refractivity contribution is 6.73. The molecule has 2 aromatic carbocycles. The fourth-order valence-corrected chi connectivity index (χ4v) is 5.74. The lowest BCUT2D eigenvalue weighted by Crippen LogP contribution is -2.35. The third kappa shape index (κ3) is 5.23. The Hall–Kier alpha value is -2.59. The summed E-state index contributed by atoms with van der Waals surface area (Å²) in [7, 11) is -1.89. The lowest BCUT2D eigenvalue weighted by atomic mass is 10.0. The molecule has 0 spiro atoms. The summed E-state index contributed by atoms with van der Waals surface area (Å²) in [5.74, 6) is 0.125. The first-order chi connectivity index (χ1) is 13.5. The minimum atomic E-state index is -1.89. The van der Waals surface area contributed by atoms with Crippen LogP contribution in [0.3, 0.4) is 0 Å². The van der Waals surface area contributed by atoms with Crippen LogP contribution in [0.2, 0.25) is 18.1 Å². The van der Waals surface area contributed by atoms with Crippen molar-refractivity contribution in [1.29, 1.82) is 0 Å². The molecule has 148 valence electrons. The van der Waals surface area contributed by atoms with Crippen molar-refractivity contribution in [3.05, 3.63) is 96.3 Å². The van der Waals surface area contributed by atoms with Gasteiger partial charge in [-0.15, -0.1) is 0 Å². The maximum Gasteiger partial charge on any atom is 0.339 e. The van der Waals surface area contributed by atoms with Crippen molar-refractivity contribution in [2.75, 3.05) is 0 Å². The van der Waals surface area contributed by atoms with E-state index in [1.54, 1.807) is 12.1 Å². The Morgan fingerprint density at radius 1 is 0.893 bits per heavy atom. The predicted molar refractivity (Wildman–Crippen MR) is 118 cm³/mol. The lowest BCUT2D eigenvalue weighted by Gasteiger charge is -2.32. The van der Waals surface area contributed by atoms with Crippen LogP contribution in [-0.4, -0.2) is 14.3 Å². The molecule has 1 unspecified atom stereocenters. The Labute approximate surface area is 169 Å². The van der Waals surface area contributed by atoms with Crippen LogP contribution < -0.4 is 0 Å². The molecule has 0 fully saturated rings. The molecule has 0 aliphatic heterocycles. The molecule has 2 rings (SSSR count). The second kappa shape index (κ2) is 10.1. The second-order valence-electron chi connectivity index (χ2n) is 6.86. The summed E-state index contributed by atoms with van der Waals surface area (Å²) >= 11 is 0. The zero-order valence-corrected chi connectivity index (χ0v) is 18.1. The quantitative estimate of drug-likeness (QED) is 0.195. The van der Waals surface area contributed by atoms with Crippen LogP contribution in [-0.2, 0) is 9.16 Å². The van der Waals surface area contributed by atoms with Crippen molar-refractivity contribution in [1.82, 2.24) is 0 Å². The molecule has 0 saturated carbocycles. The van der Waals surface area contributed by atoms with Crippen LogP contribution in [0, 0.1) is 0 Å². The van der Waals surface area contributed by atoms with Gasteiger partial charge >= 0.3 is 5.97 Å². The highest BCUT2D eigenvalue weighted by atomic mass is 28.4. The van der Waals surface area contributed by atoms with E-state index < -0.39 is 20.4 Å². The number of rotatable bonds is 10. The van der Waals surface area contributed by atoms with Crippen LogP contribution in [0.1, 0.15) is 42.8 Å². The Bertz CT molecular complexity index is 787. The molecule has 0 bridgehead atoms. The van der Waals surface area contributed by atoms with Crippen LogP contribution >= 0.6 is 0 Å². The van der Waals surface area contributed by atoms with Crippen LogP contribution in [0.4, 0.5) is 0 Å². The summed E-state index contributed by atoms with van der Waals surface area (Å²) in [5, 5.41) is 0. The number of carbonyl (C=O) groups excluding carboxylic acids is 1. The molecule has 0 N–H and O–H groups in total. The largest absolute Gasteiger partial charge is 0.544 e. The topological polar surface area (TPSA) is 35.5 Å². The summed E-state index contributed by atoms with van der Waals surface area (Å²) in [6.07, 6.45) is -0.640. The van der Waals surface area contributed by atoms with Crippen LogP contribution in [0.15, 0.2) is 85.2 Å². The van der Waals surface area contributed by atoms with Gasteiger partial charge in [0, 0.05) is 5.57 Å². The highest BCUT2D eigenvalue weighted by Crippen LogP contribution is 2.34. The third-order valence-electron chi connectivity index (χ3n) is 5.28. The summed E-state index contributed by atoms with van der Waals surface area (Å²) < 4.78 is 12.2. The smallest absolute Gasteiger partial charge is 0.339 e. The van der Waals surface area contributed by atoms with Gasteiger partial charge in [0.1, 0.15) is 5.76 Å². The Kier molecular flexibility index (Phi) is 7.82. The van der Waals surface area contributed by atoms with E-state index in [2.05, 4.69) is 33.9 Å². The van der Waals surface area contributed by atoms with Crippen molar-refractivity contribution >= 4 is 14.3 Å². The van der Waals surface area contributed by atoms with Gasteiger partial charge in [-0.25, -0.2) is 4.79 Å². The maximum atomic E-state index is 12.7. The average molecular weight is 395 g/mol. The lowest BCUT2D eigenvalue weighted by molar-refractivity contribution is 0.0368. The van der Waals surface area contributed by atoms with Crippen molar-refractivity contribution < 1.29 is 14.0 Å². The number of carbonyl (C=O) groups is 1. The molecule has 0 saturated heterocycles. The molecule has 0 radical (unpaired) electrons. The normalized spacial score (nSPS) is 12.1. The van der Waals surface area contributed by atoms with Gasteiger partial charge < -0.3 is 9.16 Å². The van der Waals surface area contributed by atoms with E-state index in [4.69, 9.17) is 9.16 Å². The van der Waals surface area contributed by atoms with Gasteiger partial charge in [-0.1, -0.05) is 82.5 Å². The molecule has 3 nitrogen and oxygen atoms in total. The minimum absolute atomic E-state index is 0.395. The van der Waals surface area contributed by atoms with E-state index in [0.29, 0.717) is 16.9 Å². The molecule has 0 aliphatic carbocycles. The Morgan fingerprint density at radius 3 is 1.89 bits per heavy atom. The minimum Gasteiger partial charge on any atom is -0.544 e. The number of esters is 1. The van der Waals surface area contributed by atoms with Crippen LogP contribution in [0.25, 0.3) is 0 Å². The molecule has 0 amide bonds. The zero-order chi connectivity index (χ0) is 20.6. The van der Waals surface area contributed by atoms with Crippen molar-refractivity contribution in [2.24, 2.45) is 0 Å². The van der Waals surface area contributed by atoms with E-state index >= 15 is 0 Å². The fourth-order valence-electron chi connectivity index (χ4n) is 3.16. The van der Waals surface area contributed by atoms with Gasteiger partial charge in [-0.2, -0.15) is 0 Å². The van der Waals surface area contributed by atoms with E-state index in [1.807, 2.05) is 48.5 Å². The molecule has 2 aromatic rings. The van der Waals surface area contributed by atoms with Gasteiger partial charge in [0.05, 0.1) is 5.56 Å². The fraction of sp³-hybridized carbons (Fsp3) is 0.292. The molecular formula is C24H30O3Si. The predicted octanol–water partition coefficient (Wildman–Crippen LogP) is 6.68. The van der Waals surface area contributed by atoms with Gasteiger partial charge in [-0.3, -0.25) is 0 Å². The SMILES string of the molecule is C=C(O[Si](CC)(CC)CC)C(=C)C(OC(=O)c1ccccc1)c1ccccc1. The molecule has 1 atom stereocenters. The Balaban J connectivity index is 2.27. The first-order valence-electron chi connectivity index (χ1n) is 9.84. The average Bonchev–Trinajstić information content (AvgIpc) is 2.76. The van der Waals surface area contributed by atoms with Gasteiger partial charge in [0.25, 0.3) is 0 Å². The molecule has 0 aromatic heterocycles. The summed E-state index contributed by atoms with van der Waals surface area (Å²) in [6, 6.07) is 21.6. The first-order valence-corrected chi connectivity index (χ1v) is 12.4. The molecule has 0 heterocycles. The van der Waals surface area contributed by atoms with E-state index in [9.17, 15) is 4.79 Å². The maximum absolute atomic E-state index is 12.7. The standard InChI is InChI=1S/C24H30O3Si/c1-6-28(7-2,8-3)27-20(5)19(4)23(21-15-11-9-12-16-21)26-24(25)22-17-13-10-14-18-22/h9-18,23H,4-8H2,1-3H3. The summed E-state index contributed by atoms with van der Waals surface area (Å²) in [4.78, 5) is 12.7. The second-order valence-corrected chi connectivity index (χ2v) is 11.5. The van der Waals surface area contributed by atoms with Gasteiger partial charge in [-0.05, 0) is 35.8 Å². The van der Waals surface area contributed by atoms with E-state index in [1.165, 1.54) is 0 Å². The van der Waals surface area contributed by atoms with Crippen LogP contribution in [0.5, 0.6) is 0 Å². The number of benzene rings is 2. The van der Waals surface area contributed by atoms with Gasteiger partial charge in [0.15, 0.2) is 6.10 Å². The molecule has 28 heavy (non-hydrogen) atoms. The third-order valence-corrected chi connectivity index (χ3v) is 9.83. The number of hydrogen-bond acceptors (Lipinski definition) is 3. The molecule has 0 aliphatic rings. The summed E-state index contributed by atoms with van der Waals surface area (Å²) in [6.45, 7) is 14.8. The highest BCUT2D eigenvalue weighted by Gasteiger charge is 2.33. The zero-order valence-electron chi connectivity index (χ0n) is 17.1. The number of ether oxygens (including phenoxy) is 1. The first kappa shape index (κ1) is 21.7. The molecule has 4 heteroatoms. The summed E-state index contributed by atoms with van der Waals surface area (Å²) in [5.41, 5.74) is 1.93. The monoisotopic (exact) mass is 394 g/mol. The number of hydrogen-bond donors (Lipinski definition) is 0. The molecular weight excluding hydrogens is 364 g/mol. The van der Waals surface area contributed by atoms with E-state index in [-0.39, 0.29) is 0 Å². The van der Waals surface area contributed by atoms with Gasteiger partial charge in [0.2, 0.25) is 8.32 Å². The van der Waals surface area contributed by atoms with Crippen molar-refractivity contribution in [2.45, 2.75) is 45.0 Å². The van der Waals surface area contributed by atoms with E-state index in [0.717, 1.165) is 23.7 Å².